The summed E-state index contributed by atoms with van der Waals surface area (Å²) in [6.07, 6.45) is 2.22. The van der Waals surface area contributed by atoms with Crippen LogP contribution in [0.2, 0.25) is 0 Å². The zero-order valence-electron chi connectivity index (χ0n) is 11.7. The summed E-state index contributed by atoms with van der Waals surface area (Å²) in [4.78, 5) is 15.5. The maximum absolute atomic E-state index is 13.6. The molecular formula is C15H17FN2O2S. The first kappa shape index (κ1) is 15.7. The van der Waals surface area contributed by atoms with Crippen LogP contribution in [0.25, 0.3) is 10.9 Å². The highest BCUT2D eigenvalue weighted by molar-refractivity contribution is 7.98. The molecular weight excluding hydrogens is 291 g/mol. The Morgan fingerprint density at radius 1 is 1.52 bits per heavy atom. The first-order valence-corrected chi connectivity index (χ1v) is 7.71. The lowest BCUT2D eigenvalue weighted by atomic mass is 10.1. The predicted octanol–water partition coefficient (Wildman–Crippen LogP) is 2.50. The van der Waals surface area contributed by atoms with Gasteiger partial charge in [0.05, 0.1) is 12.6 Å². The van der Waals surface area contributed by atoms with Crippen LogP contribution in [0, 0.1) is 5.82 Å². The van der Waals surface area contributed by atoms with Crippen LogP contribution in [-0.2, 0) is 15.3 Å². The molecule has 0 spiro atoms. The fraction of sp³-hybridized carbons (Fsp3) is 0.333. The maximum Gasteiger partial charge on any atom is 0.322 e. The third-order valence-corrected chi connectivity index (χ3v) is 4.12. The lowest BCUT2D eigenvalue weighted by molar-refractivity contribution is -0.142. The molecule has 0 aliphatic carbocycles. The van der Waals surface area contributed by atoms with E-state index in [1.165, 1.54) is 19.2 Å². The quantitative estimate of drug-likeness (QED) is 0.656. The summed E-state index contributed by atoms with van der Waals surface area (Å²) in [6.45, 7) is 0. The number of carbonyl (C=O) groups excluding carboxylic acids is 1. The van der Waals surface area contributed by atoms with Crippen LogP contribution in [0.4, 0.5) is 4.39 Å². The fourth-order valence-corrected chi connectivity index (χ4v) is 3.00. The third kappa shape index (κ3) is 4.15. The zero-order chi connectivity index (χ0) is 15.2. The Bertz CT molecular complexity index is 636. The van der Waals surface area contributed by atoms with Crippen molar-refractivity contribution in [3.63, 3.8) is 0 Å². The first-order chi connectivity index (χ1) is 10.1. The van der Waals surface area contributed by atoms with Crippen LogP contribution in [0.15, 0.2) is 30.5 Å². The average molecular weight is 308 g/mol. The van der Waals surface area contributed by atoms with Crippen molar-refractivity contribution in [3.8, 4) is 0 Å². The number of carbonyl (C=O) groups is 1. The molecule has 0 radical (unpaired) electrons. The fourth-order valence-electron chi connectivity index (χ4n) is 2.00. The number of fused-ring (bicyclic) bond motifs is 1. The van der Waals surface area contributed by atoms with Gasteiger partial charge in [0.1, 0.15) is 11.9 Å². The topological polar surface area (TPSA) is 65.2 Å². The van der Waals surface area contributed by atoms with Crippen LogP contribution in [-0.4, -0.2) is 29.9 Å². The van der Waals surface area contributed by atoms with Gasteiger partial charge in [-0.2, -0.15) is 11.8 Å². The Hall–Kier alpha value is -1.66. The molecule has 0 bridgehead atoms. The Kier molecular flexibility index (Phi) is 5.52. The number of hydrogen-bond donors (Lipinski definition) is 1. The minimum absolute atomic E-state index is 0.266. The molecule has 0 fully saturated rings. The summed E-state index contributed by atoms with van der Waals surface area (Å²) in [5.74, 6) is 0.645. The second-order valence-corrected chi connectivity index (χ2v) is 5.72. The number of methoxy groups -OCH3 is 1. The zero-order valence-corrected chi connectivity index (χ0v) is 12.5. The van der Waals surface area contributed by atoms with Gasteiger partial charge in [0, 0.05) is 17.3 Å². The van der Waals surface area contributed by atoms with Gasteiger partial charge in [-0.05, 0) is 35.9 Å². The monoisotopic (exact) mass is 308 g/mol. The molecule has 0 amide bonds. The highest BCUT2D eigenvalue weighted by Crippen LogP contribution is 2.23. The van der Waals surface area contributed by atoms with E-state index in [-0.39, 0.29) is 5.82 Å². The third-order valence-electron chi connectivity index (χ3n) is 3.08. The summed E-state index contributed by atoms with van der Waals surface area (Å²) in [5, 5.41) is 0.791. The minimum atomic E-state index is -0.607. The van der Waals surface area contributed by atoms with Gasteiger partial charge in [0.15, 0.2) is 0 Å². The number of ether oxygens (including phenoxy) is 1. The van der Waals surface area contributed by atoms with Crippen molar-refractivity contribution >= 4 is 28.6 Å². The second kappa shape index (κ2) is 7.38. The van der Waals surface area contributed by atoms with Crippen LogP contribution >= 0.6 is 11.8 Å². The molecule has 2 aromatic rings. The second-order valence-electron chi connectivity index (χ2n) is 4.61. The number of nitrogens with two attached hydrogens (primary N) is 1. The number of rotatable bonds is 6. The number of esters is 1. The Balaban J connectivity index is 1.96. The number of pyridine rings is 1. The highest BCUT2D eigenvalue weighted by atomic mass is 32.2. The average Bonchev–Trinajstić information content (AvgIpc) is 2.50. The molecule has 1 unspecified atom stereocenters. The molecule has 2 N–H and O–H groups in total. The van der Waals surface area contributed by atoms with Gasteiger partial charge in [-0.25, -0.2) is 4.39 Å². The van der Waals surface area contributed by atoms with Crippen molar-refractivity contribution in [1.82, 2.24) is 4.98 Å². The van der Waals surface area contributed by atoms with Crippen molar-refractivity contribution in [1.29, 1.82) is 0 Å². The van der Waals surface area contributed by atoms with E-state index in [9.17, 15) is 9.18 Å². The largest absolute Gasteiger partial charge is 0.468 e. The molecule has 1 aromatic carbocycles. The van der Waals surface area contributed by atoms with Gasteiger partial charge >= 0.3 is 5.97 Å². The van der Waals surface area contributed by atoms with Crippen molar-refractivity contribution in [2.75, 3.05) is 12.9 Å². The normalized spacial score (nSPS) is 12.3. The molecule has 0 saturated heterocycles. The minimum Gasteiger partial charge on any atom is -0.468 e. The summed E-state index contributed by atoms with van der Waals surface area (Å²) in [7, 11) is 1.32. The van der Waals surface area contributed by atoms with E-state index in [0.717, 1.165) is 16.5 Å². The summed E-state index contributed by atoms with van der Waals surface area (Å²) in [5.41, 5.74) is 7.32. The molecule has 1 heterocycles. The highest BCUT2D eigenvalue weighted by Gasteiger charge is 2.13. The number of thioether (sulfide) groups is 1. The van der Waals surface area contributed by atoms with Gasteiger partial charge in [0.25, 0.3) is 0 Å². The van der Waals surface area contributed by atoms with E-state index < -0.39 is 12.0 Å². The van der Waals surface area contributed by atoms with E-state index in [0.29, 0.717) is 17.9 Å². The van der Waals surface area contributed by atoms with Gasteiger partial charge in [-0.1, -0.05) is 6.07 Å². The smallest absolute Gasteiger partial charge is 0.322 e. The van der Waals surface area contributed by atoms with Gasteiger partial charge in [0.2, 0.25) is 0 Å². The van der Waals surface area contributed by atoms with Crippen molar-refractivity contribution in [2.45, 2.75) is 18.2 Å². The maximum atomic E-state index is 13.6. The number of nitrogens with zero attached hydrogens (tertiary/aromatic N) is 1. The molecule has 4 nitrogen and oxygen atoms in total. The molecule has 0 saturated carbocycles. The molecule has 1 atom stereocenters. The number of aromatic nitrogens is 1. The Labute approximate surface area is 126 Å². The number of benzene rings is 1. The van der Waals surface area contributed by atoms with Crippen LogP contribution < -0.4 is 5.73 Å². The predicted molar refractivity (Wildman–Crippen MR) is 82.5 cm³/mol. The molecule has 112 valence electrons. The summed E-state index contributed by atoms with van der Waals surface area (Å²) in [6, 6.07) is 6.00. The first-order valence-electron chi connectivity index (χ1n) is 6.56. The van der Waals surface area contributed by atoms with Gasteiger partial charge in [-0.15, -0.1) is 0 Å². The SMILES string of the molecule is COC(=O)C(N)CCSCc1cc(F)cc2cccnc12. The van der Waals surface area contributed by atoms with Crippen molar-refractivity contribution in [3.05, 3.63) is 41.8 Å². The van der Waals surface area contributed by atoms with E-state index in [4.69, 9.17) is 5.73 Å². The lowest BCUT2D eigenvalue weighted by Crippen LogP contribution is -2.31. The lowest BCUT2D eigenvalue weighted by Gasteiger charge is -2.09. The molecule has 2 rings (SSSR count). The van der Waals surface area contributed by atoms with E-state index in [1.807, 2.05) is 6.07 Å². The van der Waals surface area contributed by atoms with E-state index in [2.05, 4.69) is 9.72 Å². The number of halogens is 1. The molecule has 0 aliphatic heterocycles. The molecule has 21 heavy (non-hydrogen) atoms. The summed E-state index contributed by atoms with van der Waals surface area (Å²) < 4.78 is 18.1. The van der Waals surface area contributed by atoms with Crippen molar-refractivity contribution in [2.24, 2.45) is 5.73 Å². The Morgan fingerprint density at radius 3 is 3.10 bits per heavy atom. The van der Waals surface area contributed by atoms with Crippen LogP contribution in [0.3, 0.4) is 0 Å². The van der Waals surface area contributed by atoms with E-state index in [1.54, 1.807) is 24.0 Å². The standard InChI is InChI=1S/C15H17FN2O2S/c1-20-15(19)13(17)4-6-21-9-11-8-12(16)7-10-3-2-5-18-14(10)11/h2-3,5,7-8,13H,4,6,9,17H2,1H3. The van der Waals surface area contributed by atoms with Gasteiger partial charge < -0.3 is 10.5 Å². The molecule has 6 heteroatoms. The molecule has 0 aliphatic rings. The molecule has 1 aromatic heterocycles. The van der Waals surface area contributed by atoms with Gasteiger partial charge in [-0.3, -0.25) is 9.78 Å². The Morgan fingerprint density at radius 2 is 2.33 bits per heavy atom. The number of hydrogen-bond acceptors (Lipinski definition) is 5. The summed E-state index contributed by atoms with van der Waals surface area (Å²) >= 11 is 1.59. The van der Waals surface area contributed by atoms with Crippen LogP contribution in [0.5, 0.6) is 0 Å². The van der Waals surface area contributed by atoms with Crippen molar-refractivity contribution < 1.29 is 13.9 Å². The van der Waals surface area contributed by atoms with E-state index >= 15 is 0 Å². The van der Waals surface area contributed by atoms with Crippen LogP contribution in [0.1, 0.15) is 12.0 Å².